The Labute approximate surface area is 222 Å². The lowest BCUT2D eigenvalue weighted by Gasteiger charge is -2.16. The second-order valence-electron chi connectivity index (χ2n) is 8.90. The van der Waals surface area contributed by atoms with Crippen LogP contribution in [0.2, 0.25) is 0 Å². The lowest BCUT2D eigenvalue weighted by Crippen LogP contribution is -2.35. The van der Waals surface area contributed by atoms with Crippen LogP contribution >= 0.6 is 0 Å². The largest absolute Gasteiger partial charge is 0.299 e. The number of nitriles is 1. The zero-order valence-corrected chi connectivity index (χ0v) is 21.6. The molecule has 39 heavy (non-hydrogen) atoms. The van der Waals surface area contributed by atoms with Gasteiger partial charge in [0.25, 0.3) is 17.0 Å². The van der Waals surface area contributed by atoms with E-state index in [-0.39, 0.29) is 28.5 Å². The molecule has 4 aromatic rings. The second kappa shape index (κ2) is 9.79. The highest BCUT2D eigenvalue weighted by molar-refractivity contribution is 6.17. The number of hydrogen-bond acceptors (Lipinski definition) is 8. The fraction of sp³-hybridized carbons (Fsp3) is 0.185. The van der Waals surface area contributed by atoms with E-state index in [4.69, 9.17) is 0 Å². The molecule has 12 heteroatoms. The first kappa shape index (κ1) is 25.2. The van der Waals surface area contributed by atoms with Crippen molar-refractivity contribution in [2.45, 2.75) is 19.9 Å². The molecule has 1 aliphatic rings. The van der Waals surface area contributed by atoms with Gasteiger partial charge in [-0.05, 0) is 26.0 Å². The zero-order valence-electron chi connectivity index (χ0n) is 21.6. The van der Waals surface area contributed by atoms with E-state index in [0.717, 1.165) is 9.58 Å². The molecule has 194 valence electrons. The molecule has 1 atom stereocenters. The second-order valence-corrected chi connectivity index (χ2v) is 8.90. The molecular formula is C27H23N9O3. The van der Waals surface area contributed by atoms with Crippen LogP contribution in [0.4, 0.5) is 11.6 Å². The molecule has 1 amide bonds. The first-order valence-corrected chi connectivity index (χ1v) is 11.9. The van der Waals surface area contributed by atoms with Crippen molar-refractivity contribution >= 4 is 23.3 Å². The Balaban J connectivity index is 1.52. The molecule has 2 aromatic heterocycles. The fourth-order valence-corrected chi connectivity index (χ4v) is 4.30. The van der Waals surface area contributed by atoms with Gasteiger partial charge in [0.2, 0.25) is 5.95 Å². The molecule has 12 nitrogen and oxygen atoms in total. The fourth-order valence-electron chi connectivity index (χ4n) is 4.30. The van der Waals surface area contributed by atoms with Crippen molar-refractivity contribution in [3.63, 3.8) is 0 Å². The van der Waals surface area contributed by atoms with E-state index in [1.54, 1.807) is 68.0 Å². The van der Waals surface area contributed by atoms with Gasteiger partial charge in [0, 0.05) is 19.7 Å². The summed E-state index contributed by atoms with van der Waals surface area (Å²) in [5.74, 6) is -0.665. The van der Waals surface area contributed by atoms with Crippen LogP contribution in [-0.2, 0) is 18.9 Å². The minimum Gasteiger partial charge on any atom is -0.283 e. The van der Waals surface area contributed by atoms with Crippen molar-refractivity contribution in [1.29, 1.82) is 5.26 Å². The normalized spacial score (nSPS) is 15.2. The number of rotatable bonds is 5. The lowest BCUT2D eigenvalue weighted by atomic mass is 10.1. The Kier molecular flexibility index (Phi) is 6.33. The SMILES string of the molecule is CC1=NN(c2nc(-c3ccccc3)c(C#N)c(=O)n2C)C(=O)C1N=Nc1c(C)n(C)n(-c2ccccc2)c1=O. The first-order valence-electron chi connectivity index (χ1n) is 11.9. The average molecular weight is 522 g/mol. The average Bonchev–Trinajstić information content (AvgIpc) is 3.34. The summed E-state index contributed by atoms with van der Waals surface area (Å²) in [6.07, 6.45) is 0. The van der Waals surface area contributed by atoms with Crippen LogP contribution in [0.3, 0.4) is 0 Å². The summed E-state index contributed by atoms with van der Waals surface area (Å²) in [5.41, 5.74) is 1.17. The smallest absolute Gasteiger partial charge is 0.283 e. The number of aromatic nitrogens is 4. The number of carbonyl (C=O) groups excluding carboxylic acids is 1. The van der Waals surface area contributed by atoms with Gasteiger partial charge >= 0.3 is 0 Å². The summed E-state index contributed by atoms with van der Waals surface area (Å²) in [6, 6.07) is 18.6. The third-order valence-corrected chi connectivity index (χ3v) is 6.51. The Bertz CT molecular complexity index is 1820. The van der Waals surface area contributed by atoms with Gasteiger partial charge in [-0.2, -0.15) is 20.5 Å². The summed E-state index contributed by atoms with van der Waals surface area (Å²) < 4.78 is 4.23. The number of amides is 1. The van der Waals surface area contributed by atoms with Crippen LogP contribution in [0.5, 0.6) is 0 Å². The van der Waals surface area contributed by atoms with Gasteiger partial charge in [0.1, 0.15) is 11.6 Å². The van der Waals surface area contributed by atoms with E-state index < -0.39 is 17.5 Å². The maximum Gasteiger partial charge on any atom is 0.299 e. The van der Waals surface area contributed by atoms with Gasteiger partial charge in [-0.3, -0.25) is 23.6 Å². The molecule has 3 heterocycles. The van der Waals surface area contributed by atoms with Crippen molar-refractivity contribution in [3.8, 4) is 23.0 Å². The van der Waals surface area contributed by atoms with E-state index >= 15 is 0 Å². The van der Waals surface area contributed by atoms with E-state index in [1.807, 2.05) is 24.3 Å². The number of hydrogen-bond donors (Lipinski definition) is 0. The van der Waals surface area contributed by atoms with Gasteiger partial charge in [-0.1, -0.05) is 48.5 Å². The van der Waals surface area contributed by atoms with Crippen LogP contribution in [0, 0.1) is 18.3 Å². The minimum absolute atomic E-state index is 0.0674. The molecule has 0 N–H and O–H groups in total. The monoisotopic (exact) mass is 521 g/mol. The van der Waals surface area contributed by atoms with Crippen molar-refractivity contribution in [1.82, 2.24) is 18.9 Å². The molecular weight excluding hydrogens is 498 g/mol. The third kappa shape index (κ3) is 4.15. The van der Waals surface area contributed by atoms with E-state index in [0.29, 0.717) is 22.7 Å². The first-order chi connectivity index (χ1) is 18.7. The van der Waals surface area contributed by atoms with Crippen LogP contribution in [0.1, 0.15) is 18.2 Å². The summed E-state index contributed by atoms with van der Waals surface area (Å²) in [4.78, 5) is 44.1. The summed E-state index contributed by atoms with van der Waals surface area (Å²) in [5, 5.41) is 23.2. The molecule has 0 radical (unpaired) electrons. The highest BCUT2D eigenvalue weighted by atomic mass is 16.2. The quantitative estimate of drug-likeness (QED) is 0.371. The van der Waals surface area contributed by atoms with Crippen LogP contribution in [0.25, 0.3) is 16.9 Å². The van der Waals surface area contributed by atoms with Crippen LogP contribution < -0.4 is 16.1 Å². The third-order valence-electron chi connectivity index (χ3n) is 6.51. The van der Waals surface area contributed by atoms with Gasteiger partial charge in [-0.25, -0.2) is 9.67 Å². The van der Waals surface area contributed by atoms with Crippen molar-refractivity contribution in [2.24, 2.45) is 29.4 Å². The highest BCUT2D eigenvalue weighted by Gasteiger charge is 2.37. The molecule has 0 saturated carbocycles. The number of para-hydroxylation sites is 1. The van der Waals surface area contributed by atoms with Gasteiger partial charge in [0.15, 0.2) is 11.7 Å². The van der Waals surface area contributed by atoms with Gasteiger partial charge in [0.05, 0.1) is 22.8 Å². The summed E-state index contributed by atoms with van der Waals surface area (Å²) >= 11 is 0. The Hall–Kier alpha value is -5.44. The topological polar surface area (TPSA) is 143 Å². The Morgan fingerprint density at radius 2 is 1.56 bits per heavy atom. The molecule has 1 unspecified atom stereocenters. The van der Waals surface area contributed by atoms with E-state index in [2.05, 4.69) is 20.3 Å². The number of nitrogens with zero attached hydrogens (tertiary/aromatic N) is 9. The van der Waals surface area contributed by atoms with Crippen LogP contribution in [-0.4, -0.2) is 36.6 Å². The van der Waals surface area contributed by atoms with E-state index in [9.17, 15) is 19.6 Å². The minimum atomic E-state index is -1.12. The van der Waals surface area contributed by atoms with Crippen molar-refractivity contribution < 1.29 is 4.79 Å². The lowest BCUT2D eigenvalue weighted by molar-refractivity contribution is -0.118. The molecule has 0 fully saturated rings. The number of azo groups is 1. The van der Waals surface area contributed by atoms with Crippen LogP contribution in [0.15, 0.2) is 85.6 Å². The Morgan fingerprint density at radius 3 is 2.21 bits per heavy atom. The summed E-state index contributed by atoms with van der Waals surface area (Å²) in [6.45, 7) is 3.34. The predicted molar refractivity (Wildman–Crippen MR) is 144 cm³/mol. The molecule has 2 aromatic carbocycles. The molecule has 5 rings (SSSR count). The molecule has 0 bridgehead atoms. The molecule has 0 spiro atoms. The number of benzene rings is 2. The number of carbonyl (C=O) groups is 1. The zero-order chi connectivity index (χ0) is 27.8. The van der Waals surface area contributed by atoms with Gasteiger partial charge in [-0.15, -0.1) is 5.11 Å². The van der Waals surface area contributed by atoms with Crippen molar-refractivity contribution in [2.75, 3.05) is 5.01 Å². The standard InChI is InChI=1S/C27H23N9O3/c1-16-21(30-31-22-17(2)34(4)36(26(22)39)19-13-9-6-10-14-19)25(38)35(32-16)27-29-23(18-11-7-5-8-12-18)20(15-28)24(37)33(27)3/h5-14,21H,1-4H3. The molecule has 1 aliphatic heterocycles. The summed E-state index contributed by atoms with van der Waals surface area (Å²) in [7, 11) is 3.14. The molecule has 0 saturated heterocycles. The maximum atomic E-state index is 13.4. The number of hydrazone groups is 1. The number of anilines is 1. The van der Waals surface area contributed by atoms with E-state index in [1.165, 1.54) is 11.7 Å². The highest BCUT2D eigenvalue weighted by Crippen LogP contribution is 2.26. The molecule has 0 aliphatic carbocycles. The predicted octanol–water partition coefficient (Wildman–Crippen LogP) is 2.99. The van der Waals surface area contributed by atoms with Gasteiger partial charge < -0.3 is 0 Å². The maximum absolute atomic E-state index is 13.4. The Morgan fingerprint density at radius 1 is 0.923 bits per heavy atom. The van der Waals surface area contributed by atoms with Crippen molar-refractivity contribution in [3.05, 3.63) is 92.6 Å².